The maximum Gasteiger partial charge on any atom is 0.408 e. The molecule has 0 radical (unpaired) electrons. The Bertz CT molecular complexity index is 456. The van der Waals surface area contributed by atoms with Crippen LogP contribution in [0.1, 0.15) is 12.0 Å². The van der Waals surface area contributed by atoms with Gasteiger partial charge in [-0.3, -0.25) is 0 Å². The number of rotatable bonds is 5. The van der Waals surface area contributed by atoms with E-state index in [0.29, 0.717) is 19.6 Å². The van der Waals surface area contributed by atoms with Crippen LogP contribution in [0.2, 0.25) is 0 Å². The van der Waals surface area contributed by atoms with Crippen molar-refractivity contribution in [3.63, 3.8) is 0 Å². The standard InChI is InChI=1S/C14H17NO5/c16-13(17)12(11-6-7-19-9-11)15-14(18)20-8-10-4-2-1-3-5-10/h1-5,11-12H,6-9H2,(H,15,18)(H,16,17). The third-order valence-electron chi connectivity index (χ3n) is 3.19. The summed E-state index contributed by atoms with van der Waals surface area (Å²) in [5, 5.41) is 11.5. The highest BCUT2D eigenvalue weighted by molar-refractivity contribution is 5.80. The van der Waals surface area contributed by atoms with Crippen LogP contribution in [0.15, 0.2) is 30.3 Å². The van der Waals surface area contributed by atoms with Crippen LogP contribution in [0.4, 0.5) is 4.79 Å². The van der Waals surface area contributed by atoms with Crippen molar-refractivity contribution in [3.05, 3.63) is 35.9 Å². The number of aliphatic carboxylic acids is 1. The quantitative estimate of drug-likeness (QED) is 0.851. The normalized spacial score (nSPS) is 19.3. The number of amides is 1. The van der Waals surface area contributed by atoms with Gasteiger partial charge in [0.1, 0.15) is 12.6 Å². The number of alkyl carbamates (subject to hydrolysis) is 1. The highest BCUT2D eigenvalue weighted by atomic mass is 16.5. The zero-order chi connectivity index (χ0) is 14.4. The summed E-state index contributed by atoms with van der Waals surface area (Å²) in [7, 11) is 0. The zero-order valence-corrected chi connectivity index (χ0v) is 11.0. The molecule has 0 bridgehead atoms. The van der Waals surface area contributed by atoms with Crippen molar-refractivity contribution in [1.82, 2.24) is 5.32 Å². The van der Waals surface area contributed by atoms with E-state index in [9.17, 15) is 9.59 Å². The second-order valence-corrected chi connectivity index (χ2v) is 4.65. The number of hydrogen-bond acceptors (Lipinski definition) is 4. The lowest BCUT2D eigenvalue weighted by molar-refractivity contribution is -0.140. The molecule has 6 nitrogen and oxygen atoms in total. The molecule has 1 aliphatic rings. The molecule has 0 aromatic heterocycles. The summed E-state index contributed by atoms with van der Waals surface area (Å²) >= 11 is 0. The Morgan fingerprint density at radius 3 is 2.75 bits per heavy atom. The molecule has 0 spiro atoms. The molecular formula is C14H17NO5. The topological polar surface area (TPSA) is 84.9 Å². The lowest BCUT2D eigenvalue weighted by atomic mass is 9.99. The minimum absolute atomic E-state index is 0.111. The van der Waals surface area contributed by atoms with Gasteiger partial charge in [-0.1, -0.05) is 30.3 Å². The summed E-state index contributed by atoms with van der Waals surface area (Å²) in [5.74, 6) is -1.28. The molecular weight excluding hydrogens is 262 g/mol. The molecule has 1 aromatic carbocycles. The summed E-state index contributed by atoms with van der Waals surface area (Å²) < 4.78 is 10.2. The van der Waals surface area contributed by atoms with Crippen LogP contribution in [-0.4, -0.2) is 36.4 Å². The van der Waals surface area contributed by atoms with E-state index in [0.717, 1.165) is 5.56 Å². The molecule has 0 aliphatic carbocycles. The number of ether oxygens (including phenoxy) is 2. The smallest absolute Gasteiger partial charge is 0.408 e. The number of carbonyl (C=O) groups excluding carboxylic acids is 1. The van der Waals surface area contributed by atoms with E-state index >= 15 is 0 Å². The number of nitrogens with one attached hydrogen (secondary N) is 1. The van der Waals surface area contributed by atoms with Crippen LogP contribution in [0.5, 0.6) is 0 Å². The first-order valence-corrected chi connectivity index (χ1v) is 6.44. The Kier molecular flexibility index (Phi) is 4.95. The molecule has 1 amide bonds. The first-order chi connectivity index (χ1) is 9.66. The summed E-state index contributed by atoms with van der Waals surface area (Å²) in [6, 6.07) is 8.23. The average molecular weight is 279 g/mol. The first kappa shape index (κ1) is 14.3. The number of benzene rings is 1. The van der Waals surface area contributed by atoms with Crippen LogP contribution < -0.4 is 5.32 Å². The fraction of sp³-hybridized carbons (Fsp3) is 0.429. The molecule has 1 heterocycles. The second-order valence-electron chi connectivity index (χ2n) is 4.65. The molecule has 20 heavy (non-hydrogen) atoms. The van der Waals surface area contributed by atoms with E-state index in [1.807, 2.05) is 30.3 Å². The molecule has 0 saturated carbocycles. The van der Waals surface area contributed by atoms with Crippen molar-refractivity contribution in [3.8, 4) is 0 Å². The molecule has 1 saturated heterocycles. The highest BCUT2D eigenvalue weighted by Crippen LogP contribution is 2.17. The third-order valence-corrected chi connectivity index (χ3v) is 3.19. The minimum atomic E-state index is -1.07. The molecule has 108 valence electrons. The predicted octanol–water partition coefficient (Wildman–Crippen LogP) is 1.40. The number of carbonyl (C=O) groups is 2. The van der Waals surface area contributed by atoms with Gasteiger partial charge < -0.3 is 19.9 Å². The van der Waals surface area contributed by atoms with Gasteiger partial charge in [0, 0.05) is 12.5 Å². The molecule has 2 N–H and O–H groups in total. The van der Waals surface area contributed by atoms with E-state index < -0.39 is 18.1 Å². The van der Waals surface area contributed by atoms with Gasteiger partial charge in [0.2, 0.25) is 0 Å². The van der Waals surface area contributed by atoms with E-state index in [2.05, 4.69) is 5.32 Å². The average Bonchev–Trinajstić information content (AvgIpc) is 2.97. The van der Waals surface area contributed by atoms with Gasteiger partial charge in [0.15, 0.2) is 0 Å². The van der Waals surface area contributed by atoms with E-state index in [4.69, 9.17) is 14.6 Å². The van der Waals surface area contributed by atoms with Gasteiger partial charge in [0.25, 0.3) is 0 Å². The van der Waals surface area contributed by atoms with Crippen LogP contribution in [0.3, 0.4) is 0 Å². The summed E-state index contributed by atoms with van der Waals surface area (Å²) in [4.78, 5) is 22.8. The fourth-order valence-corrected chi connectivity index (χ4v) is 2.09. The van der Waals surface area contributed by atoms with Crippen molar-refractivity contribution in [1.29, 1.82) is 0 Å². The molecule has 2 rings (SSSR count). The molecule has 1 fully saturated rings. The Morgan fingerprint density at radius 2 is 2.15 bits per heavy atom. The summed E-state index contributed by atoms with van der Waals surface area (Å²) in [6.45, 7) is 0.977. The minimum Gasteiger partial charge on any atom is -0.480 e. The largest absolute Gasteiger partial charge is 0.480 e. The fourth-order valence-electron chi connectivity index (χ4n) is 2.09. The van der Waals surface area contributed by atoms with E-state index in [1.165, 1.54) is 0 Å². The van der Waals surface area contributed by atoms with E-state index in [1.54, 1.807) is 0 Å². The van der Waals surface area contributed by atoms with Crippen molar-refractivity contribution >= 4 is 12.1 Å². The van der Waals surface area contributed by atoms with Gasteiger partial charge in [-0.15, -0.1) is 0 Å². The second kappa shape index (κ2) is 6.91. The zero-order valence-electron chi connectivity index (χ0n) is 11.0. The highest BCUT2D eigenvalue weighted by Gasteiger charge is 2.32. The van der Waals surface area contributed by atoms with Crippen molar-refractivity contribution in [2.45, 2.75) is 19.1 Å². The molecule has 2 atom stereocenters. The lowest BCUT2D eigenvalue weighted by Gasteiger charge is -2.19. The number of hydrogen-bond donors (Lipinski definition) is 2. The predicted molar refractivity (Wildman–Crippen MR) is 70.1 cm³/mol. The molecule has 1 aliphatic heterocycles. The number of carboxylic acid groups (broad SMARTS) is 1. The van der Waals surface area contributed by atoms with Crippen LogP contribution >= 0.6 is 0 Å². The Morgan fingerprint density at radius 1 is 1.40 bits per heavy atom. The maximum absolute atomic E-state index is 11.7. The SMILES string of the molecule is O=C(NC(C(=O)O)C1CCOC1)OCc1ccccc1. The van der Waals surface area contributed by atoms with Crippen molar-refractivity contribution in [2.24, 2.45) is 5.92 Å². The van der Waals surface area contributed by atoms with Crippen molar-refractivity contribution in [2.75, 3.05) is 13.2 Å². The Balaban J connectivity index is 1.84. The molecule has 1 aromatic rings. The monoisotopic (exact) mass is 279 g/mol. The summed E-state index contributed by atoms with van der Waals surface area (Å²) in [6.07, 6.45) is -0.108. The van der Waals surface area contributed by atoms with Gasteiger partial charge in [-0.2, -0.15) is 0 Å². The van der Waals surface area contributed by atoms with Crippen LogP contribution in [-0.2, 0) is 20.9 Å². The Hall–Kier alpha value is -2.08. The maximum atomic E-state index is 11.7. The molecule has 2 unspecified atom stereocenters. The van der Waals surface area contributed by atoms with Gasteiger partial charge in [-0.25, -0.2) is 9.59 Å². The van der Waals surface area contributed by atoms with Crippen LogP contribution in [0.25, 0.3) is 0 Å². The van der Waals surface area contributed by atoms with Gasteiger partial charge in [-0.05, 0) is 12.0 Å². The summed E-state index contributed by atoms with van der Waals surface area (Å²) in [5.41, 5.74) is 0.846. The van der Waals surface area contributed by atoms with Gasteiger partial charge >= 0.3 is 12.1 Å². The lowest BCUT2D eigenvalue weighted by Crippen LogP contribution is -2.46. The van der Waals surface area contributed by atoms with Crippen molar-refractivity contribution < 1.29 is 24.2 Å². The first-order valence-electron chi connectivity index (χ1n) is 6.44. The van der Waals surface area contributed by atoms with Crippen LogP contribution in [0, 0.1) is 5.92 Å². The number of carboxylic acids is 1. The molecule has 6 heteroatoms. The van der Waals surface area contributed by atoms with E-state index in [-0.39, 0.29) is 12.5 Å². The Labute approximate surface area is 116 Å². The third kappa shape index (κ3) is 3.96. The van der Waals surface area contributed by atoms with Gasteiger partial charge in [0.05, 0.1) is 6.61 Å².